The molecule has 4 heteroatoms. The summed E-state index contributed by atoms with van der Waals surface area (Å²) in [5.41, 5.74) is 4.98. The molecule has 2 aromatic heterocycles. The smallest absolute Gasteiger partial charge is 0.123 e. The van der Waals surface area contributed by atoms with Crippen LogP contribution in [0.2, 0.25) is 0 Å². The number of allylic oxidation sites excluding steroid dienone is 6. The van der Waals surface area contributed by atoms with Crippen molar-refractivity contribution in [3.8, 4) is 22.5 Å². The molecule has 0 radical (unpaired) electrons. The lowest BCUT2D eigenvalue weighted by Crippen LogP contribution is -1.98. The van der Waals surface area contributed by atoms with E-state index in [9.17, 15) is 4.39 Å². The molecule has 3 aromatic rings. The number of rotatable bonds is 3. The zero-order valence-electron chi connectivity index (χ0n) is 14.0. The standard InChI is InChI=1S/C22H16FN3/c23-19-9-7-17(8-10-19)22-21(18-11-13-24-14-12-18)25-15-20(26-22)16-5-3-1-2-4-6-16/h1,3-15H,2H2. The van der Waals surface area contributed by atoms with Crippen molar-refractivity contribution in [3.05, 3.63) is 96.9 Å². The number of halogens is 1. The number of aromatic nitrogens is 3. The lowest BCUT2D eigenvalue weighted by Gasteiger charge is -2.11. The molecule has 0 saturated heterocycles. The summed E-state index contributed by atoms with van der Waals surface area (Å²) in [6.07, 6.45) is 16.4. The van der Waals surface area contributed by atoms with E-state index >= 15 is 0 Å². The van der Waals surface area contributed by atoms with Crippen molar-refractivity contribution in [3.63, 3.8) is 0 Å². The first-order chi connectivity index (χ1) is 12.8. The molecule has 1 aromatic carbocycles. The zero-order chi connectivity index (χ0) is 17.8. The van der Waals surface area contributed by atoms with Gasteiger partial charge < -0.3 is 0 Å². The highest BCUT2D eigenvalue weighted by molar-refractivity contribution is 5.81. The fourth-order valence-corrected chi connectivity index (χ4v) is 2.81. The highest BCUT2D eigenvalue weighted by Gasteiger charge is 2.13. The first kappa shape index (κ1) is 16.1. The second-order valence-corrected chi connectivity index (χ2v) is 5.88. The molecule has 0 N–H and O–H groups in total. The van der Waals surface area contributed by atoms with E-state index in [1.807, 2.05) is 30.4 Å². The first-order valence-electron chi connectivity index (χ1n) is 8.38. The number of pyridine rings is 1. The van der Waals surface area contributed by atoms with Gasteiger partial charge >= 0.3 is 0 Å². The largest absolute Gasteiger partial charge is 0.265 e. The van der Waals surface area contributed by atoms with Crippen LogP contribution in [0.3, 0.4) is 0 Å². The van der Waals surface area contributed by atoms with E-state index in [1.165, 1.54) is 12.1 Å². The quantitative estimate of drug-likeness (QED) is 0.653. The van der Waals surface area contributed by atoms with Gasteiger partial charge in [-0.05, 0) is 42.8 Å². The van der Waals surface area contributed by atoms with Gasteiger partial charge in [0.1, 0.15) is 5.82 Å². The highest BCUT2D eigenvalue weighted by atomic mass is 19.1. The Labute approximate surface area is 151 Å². The molecule has 0 amide bonds. The van der Waals surface area contributed by atoms with Crippen molar-refractivity contribution >= 4 is 5.57 Å². The molecule has 4 rings (SSSR count). The molecule has 0 fully saturated rings. The predicted octanol–water partition coefficient (Wildman–Crippen LogP) is 5.24. The van der Waals surface area contributed by atoms with Crippen LogP contribution in [0.4, 0.5) is 4.39 Å². The molecule has 0 spiro atoms. The van der Waals surface area contributed by atoms with Crippen LogP contribution in [0, 0.1) is 5.82 Å². The van der Waals surface area contributed by atoms with Gasteiger partial charge in [-0.15, -0.1) is 0 Å². The Bertz CT molecular complexity index is 1000. The second kappa shape index (κ2) is 7.23. The fraction of sp³-hybridized carbons (Fsp3) is 0.0455. The van der Waals surface area contributed by atoms with Crippen LogP contribution in [-0.2, 0) is 0 Å². The van der Waals surface area contributed by atoms with Crippen molar-refractivity contribution in [2.24, 2.45) is 0 Å². The van der Waals surface area contributed by atoms with Crippen molar-refractivity contribution in [2.75, 3.05) is 0 Å². The van der Waals surface area contributed by atoms with E-state index in [-0.39, 0.29) is 5.82 Å². The highest BCUT2D eigenvalue weighted by Crippen LogP contribution is 2.30. The Morgan fingerprint density at radius 3 is 2.42 bits per heavy atom. The molecular formula is C22H16FN3. The van der Waals surface area contributed by atoms with E-state index in [4.69, 9.17) is 4.98 Å². The SMILES string of the molecule is Fc1ccc(-c2nc(C3=CC=CCC=C3)cnc2-c2ccncc2)cc1. The van der Waals surface area contributed by atoms with Crippen LogP contribution >= 0.6 is 0 Å². The van der Waals surface area contributed by atoms with E-state index in [0.29, 0.717) is 0 Å². The van der Waals surface area contributed by atoms with Gasteiger partial charge in [0.2, 0.25) is 0 Å². The molecule has 1 aliphatic rings. The maximum Gasteiger partial charge on any atom is 0.123 e. The van der Waals surface area contributed by atoms with Gasteiger partial charge in [-0.1, -0.05) is 30.4 Å². The third-order valence-electron chi connectivity index (χ3n) is 4.12. The Morgan fingerprint density at radius 1 is 0.846 bits per heavy atom. The monoisotopic (exact) mass is 341 g/mol. The van der Waals surface area contributed by atoms with Gasteiger partial charge in [0.25, 0.3) is 0 Å². The fourth-order valence-electron chi connectivity index (χ4n) is 2.81. The normalized spacial score (nSPS) is 13.3. The second-order valence-electron chi connectivity index (χ2n) is 5.88. The summed E-state index contributed by atoms with van der Waals surface area (Å²) in [7, 11) is 0. The summed E-state index contributed by atoms with van der Waals surface area (Å²) >= 11 is 0. The molecular weight excluding hydrogens is 325 g/mol. The van der Waals surface area contributed by atoms with Crippen LogP contribution in [0.5, 0.6) is 0 Å². The van der Waals surface area contributed by atoms with Gasteiger partial charge in [-0.25, -0.2) is 9.37 Å². The van der Waals surface area contributed by atoms with Gasteiger partial charge in [0.15, 0.2) is 0 Å². The van der Waals surface area contributed by atoms with Crippen LogP contribution in [-0.4, -0.2) is 15.0 Å². The summed E-state index contributed by atoms with van der Waals surface area (Å²) in [5.74, 6) is -0.275. The summed E-state index contributed by atoms with van der Waals surface area (Å²) in [4.78, 5) is 13.6. The average molecular weight is 341 g/mol. The molecule has 1 aliphatic carbocycles. The van der Waals surface area contributed by atoms with Gasteiger partial charge in [0.05, 0.1) is 23.3 Å². The molecule has 0 atom stereocenters. The third-order valence-corrected chi connectivity index (χ3v) is 4.12. The minimum Gasteiger partial charge on any atom is -0.265 e. The lowest BCUT2D eigenvalue weighted by atomic mass is 10.0. The molecule has 0 unspecified atom stereocenters. The third kappa shape index (κ3) is 3.35. The van der Waals surface area contributed by atoms with E-state index < -0.39 is 0 Å². The maximum absolute atomic E-state index is 13.4. The van der Waals surface area contributed by atoms with E-state index in [1.54, 1.807) is 30.7 Å². The summed E-state index contributed by atoms with van der Waals surface area (Å²) in [6, 6.07) is 10.1. The van der Waals surface area contributed by atoms with Crippen LogP contribution in [0.1, 0.15) is 12.1 Å². The molecule has 0 aliphatic heterocycles. The molecule has 126 valence electrons. The maximum atomic E-state index is 13.4. The Morgan fingerprint density at radius 2 is 1.62 bits per heavy atom. The van der Waals surface area contributed by atoms with Crippen molar-refractivity contribution in [1.29, 1.82) is 0 Å². The summed E-state index contributed by atoms with van der Waals surface area (Å²) < 4.78 is 13.4. The van der Waals surface area contributed by atoms with Crippen molar-refractivity contribution in [2.45, 2.75) is 6.42 Å². The number of hydrogen-bond donors (Lipinski definition) is 0. The minimum absolute atomic E-state index is 0.275. The Kier molecular flexibility index (Phi) is 4.48. The van der Waals surface area contributed by atoms with Crippen LogP contribution in [0.25, 0.3) is 28.1 Å². The average Bonchev–Trinajstić information content (AvgIpc) is 2.98. The minimum atomic E-state index is -0.275. The van der Waals surface area contributed by atoms with Gasteiger partial charge in [0, 0.05) is 29.1 Å². The molecule has 26 heavy (non-hydrogen) atoms. The predicted molar refractivity (Wildman–Crippen MR) is 102 cm³/mol. The molecule has 0 saturated carbocycles. The van der Waals surface area contributed by atoms with Crippen LogP contribution in [0.15, 0.2) is 85.4 Å². The van der Waals surface area contributed by atoms with Gasteiger partial charge in [-0.2, -0.15) is 0 Å². The summed E-state index contributed by atoms with van der Waals surface area (Å²) in [6.45, 7) is 0. The Balaban J connectivity index is 1.89. The molecule has 3 nitrogen and oxygen atoms in total. The van der Waals surface area contributed by atoms with Crippen molar-refractivity contribution < 1.29 is 4.39 Å². The van der Waals surface area contributed by atoms with Crippen molar-refractivity contribution in [1.82, 2.24) is 15.0 Å². The molecule has 2 heterocycles. The number of hydrogen-bond acceptors (Lipinski definition) is 3. The molecule has 0 bridgehead atoms. The van der Waals surface area contributed by atoms with E-state index in [2.05, 4.69) is 22.1 Å². The number of nitrogens with zero attached hydrogens (tertiary/aromatic N) is 3. The summed E-state index contributed by atoms with van der Waals surface area (Å²) in [5, 5.41) is 0. The Hall–Kier alpha value is -3.40. The first-order valence-corrected chi connectivity index (χ1v) is 8.38. The zero-order valence-corrected chi connectivity index (χ0v) is 14.0. The number of benzene rings is 1. The topological polar surface area (TPSA) is 38.7 Å². The van der Waals surface area contributed by atoms with Gasteiger partial charge in [-0.3, -0.25) is 9.97 Å². The lowest BCUT2D eigenvalue weighted by molar-refractivity contribution is 0.628. The van der Waals surface area contributed by atoms with Crippen LogP contribution < -0.4 is 0 Å². The van der Waals surface area contributed by atoms with E-state index in [0.717, 1.165) is 40.2 Å².